The van der Waals surface area contributed by atoms with Crippen molar-refractivity contribution in [2.75, 3.05) is 26.4 Å². The van der Waals surface area contributed by atoms with Gasteiger partial charge in [0.25, 0.3) is 0 Å². The Hall–Kier alpha value is -2.76. The summed E-state index contributed by atoms with van der Waals surface area (Å²) in [6.45, 7) is 3.05. The fourth-order valence-electron chi connectivity index (χ4n) is 7.64. The van der Waals surface area contributed by atoms with Gasteiger partial charge in [-0.15, -0.1) is 0 Å². The molecule has 0 radical (unpaired) electrons. The quantitative estimate of drug-likeness (QED) is 0.0728. The van der Waals surface area contributed by atoms with Gasteiger partial charge >= 0.3 is 0 Å². The van der Waals surface area contributed by atoms with E-state index in [1.54, 1.807) is 6.92 Å². The van der Waals surface area contributed by atoms with Crippen molar-refractivity contribution in [2.45, 2.75) is 163 Å². The highest BCUT2D eigenvalue weighted by atomic mass is 16.8. The van der Waals surface area contributed by atoms with Crippen LogP contribution in [-0.4, -0.2) is 218 Å². The maximum absolute atomic E-state index is 12.4. The van der Waals surface area contributed by atoms with Gasteiger partial charge in [-0.25, -0.2) is 0 Å². The molecule has 4 heterocycles. The molecule has 13 N–H and O–H groups in total. The molecule has 0 aromatic carbocycles. The predicted molar refractivity (Wildman–Crippen MR) is 188 cm³/mol. The third kappa shape index (κ3) is 10.9. The Morgan fingerprint density at radius 1 is 0.431 bits per heavy atom. The van der Waals surface area contributed by atoms with Gasteiger partial charge in [-0.05, 0) is 6.42 Å². The molecule has 4 fully saturated rings. The molecule has 4 aliphatic rings. The van der Waals surface area contributed by atoms with E-state index in [4.69, 9.17) is 33.2 Å². The molecular formula is C34H58N4O20. The molecule has 0 aromatic rings. The fraction of sp³-hybridized carbons (Fsp3) is 0.882. The van der Waals surface area contributed by atoms with Gasteiger partial charge in [0.1, 0.15) is 91.4 Å². The maximum Gasteiger partial charge on any atom is 0.217 e. The molecule has 20 atom stereocenters. The van der Waals surface area contributed by atoms with Gasteiger partial charge in [-0.3, -0.25) is 19.2 Å². The Kier molecular flexibility index (Phi) is 17.5. The van der Waals surface area contributed by atoms with Crippen molar-refractivity contribution in [1.29, 1.82) is 0 Å². The number of amides is 4. The first-order valence-corrected chi connectivity index (χ1v) is 18.9. The van der Waals surface area contributed by atoms with Gasteiger partial charge in [-0.2, -0.15) is 0 Å². The highest BCUT2D eigenvalue weighted by Gasteiger charge is 2.56. The van der Waals surface area contributed by atoms with Crippen LogP contribution in [-0.2, 0) is 52.3 Å². The largest absolute Gasteiger partial charge is 0.394 e. The molecule has 24 heteroatoms. The summed E-state index contributed by atoms with van der Waals surface area (Å²) in [6, 6.07) is -5.59. The minimum absolute atomic E-state index is 0.328. The van der Waals surface area contributed by atoms with Crippen molar-refractivity contribution in [3.63, 3.8) is 0 Å². The van der Waals surface area contributed by atoms with Gasteiger partial charge in [0, 0.05) is 27.7 Å². The fourth-order valence-corrected chi connectivity index (χ4v) is 7.64. The van der Waals surface area contributed by atoms with Gasteiger partial charge < -0.3 is 100 Å². The molecule has 0 aromatic heterocycles. The minimum Gasteiger partial charge on any atom is -0.394 e. The van der Waals surface area contributed by atoms with Crippen LogP contribution in [0.25, 0.3) is 0 Å². The van der Waals surface area contributed by atoms with E-state index in [2.05, 4.69) is 21.3 Å². The topological polar surface area (TPSA) is 363 Å². The Labute approximate surface area is 333 Å². The number of ether oxygens (including phenoxy) is 7. The summed E-state index contributed by atoms with van der Waals surface area (Å²) < 4.78 is 41.5. The zero-order valence-electron chi connectivity index (χ0n) is 32.6. The maximum atomic E-state index is 12.4. The lowest BCUT2D eigenvalue weighted by molar-refractivity contribution is -0.359. The van der Waals surface area contributed by atoms with Gasteiger partial charge in [0.05, 0.1) is 38.6 Å². The molecule has 4 rings (SSSR count). The molecule has 0 saturated carbocycles. The third-order valence-electron chi connectivity index (χ3n) is 10.3. The van der Waals surface area contributed by atoms with Crippen molar-refractivity contribution in [3.8, 4) is 0 Å². The molecule has 0 aliphatic carbocycles. The summed E-state index contributed by atoms with van der Waals surface area (Å²) >= 11 is 0. The lowest BCUT2D eigenvalue weighted by Crippen LogP contribution is -2.71. The molecule has 4 saturated heterocycles. The lowest BCUT2D eigenvalue weighted by Gasteiger charge is -2.51. The van der Waals surface area contributed by atoms with Crippen LogP contribution in [0.1, 0.15) is 41.0 Å². The number of aliphatic hydroxyl groups is 9. The van der Waals surface area contributed by atoms with Crippen molar-refractivity contribution in [2.24, 2.45) is 0 Å². The van der Waals surface area contributed by atoms with E-state index in [0.29, 0.717) is 6.42 Å². The van der Waals surface area contributed by atoms with Crippen LogP contribution in [0.15, 0.2) is 0 Å². The summed E-state index contributed by atoms with van der Waals surface area (Å²) in [5.74, 6) is -2.60. The van der Waals surface area contributed by atoms with Crippen LogP contribution in [0.3, 0.4) is 0 Å². The number of nitrogens with one attached hydrogen (secondary N) is 4. The highest BCUT2D eigenvalue weighted by molar-refractivity contribution is 5.74. The number of hydrogen-bond acceptors (Lipinski definition) is 20. The first kappa shape index (κ1) is 47.9. The second kappa shape index (κ2) is 21.2. The van der Waals surface area contributed by atoms with Crippen LogP contribution in [0.4, 0.5) is 0 Å². The normalized spacial score (nSPS) is 43.2. The summed E-state index contributed by atoms with van der Waals surface area (Å²) in [4.78, 5) is 48.8. The average Bonchev–Trinajstić information content (AvgIpc) is 3.16. The van der Waals surface area contributed by atoms with E-state index >= 15 is 0 Å². The van der Waals surface area contributed by atoms with Gasteiger partial charge in [0.2, 0.25) is 23.6 Å². The zero-order chi connectivity index (χ0) is 43.2. The summed E-state index contributed by atoms with van der Waals surface area (Å²) in [6.07, 6.45) is -24.5. The van der Waals surface area contributed by atoms with Gasteiger partial charge in [0.15, 0.2) is 18.9 Å². The van der Waals surface area contributed by atoms with Gasteiger partial charge in [-0.1, -0.05) is 6.92 Å². The SMILES string of the molecule is CCC1OC(CO)C(OC2OC(CO)C(OC3OC(CO)C(OC4OC(CO)C(O)C(O)C4NC(C)=O)C(O)C3NC(C)=O)C(O)C2NC(C)=O)C(O)C1NC(C)=O. The molecular weight excluding hydrogens is 784 g/mol. The smallest absolute Gasteiger partial charge is 0.217 e. The number of aliphatic hydroxyl groups excluding tert-OH is 9. The number of carbonyl (C=O) groups is 4. The minimum atomic E-state index is -1.86. The first-order valence-electron chi connectivity index (χ1n) is 18.9. The highest BCUT2D eigenvalue weighted by Crippen LogP contribution is 2.35. The molecule has 4 amide bonds. The molecule has 334 valence electrons. The lowest BCUT2D eigenvalue weighted by atomic mass is 9.90. The van der Waals surface area contributed by atoms with Crippen LogP contribution in [0, 0.1) is 0 Å². The second-order valence-corrected chi connectivity index (χ2v) is 14.6. The summed E-state index contributed by atoms with van der Waals surface area (Å²) in [5, 5.41) is 107. The van der Waals surface area contributed by atoms with Crippen molar-refractivity contribution in [1.82, 2.24) is 21.3 Å². The molecule has 0 spiro atoms. The zero-order valence-corrected chi connectivity index (χ0v) is 32.6. The third-order valence-corrected chi connectivity index (χ3v) is 10.3. The van der Waals surface area contributed by atoms with E-state index in [1.165, 1.54) is 6.92 Å². The molecule has 20 unspecified atom stereocenters. The van der Waals surface area contributed by atoms with E-state index < -0.39 is 172 Å². The Morgan fingerprint density at radius 2 is 0.724 bits per heavy atom. The van der Waals surface area contributed by atoms with Crippen LogP contribution < -0.4 is 21.3 Å². The van der Waals surface area contributed by atoms with E-state index in [0.717, 1.165) is 20.8 Å². The number of rotatable bonds is 15. The summed E-state index contributed by atoms with van der Waals surface area (Å²) in [5.41, 5.74) is 0. The monoisotopic (exact) mass is 842 g/mol. The second-order valence-electron chi connectivity index (χ2n) is 14.6. The van der Waals surface area contributed by atoms with Crippen molar-refractivity contribution in [3.05, 3.63) is 0 Å². The van der Waals surface area contributed by atoms with Crippen LogP contribution in [0.5, 0.6) is 0 Å². The molecule has 58 heavy (non-hydrogen) atoms. The Bertz CT molecular complexity index is 1390. The first-order chi connectivity index (χ1) is 27.4. The molecule has 24 nitrogen and oxygen atoms in total. The average molecular weight is 843 g/mol. The van der Waals surface area contributed by atoms with E-state index in [9.17, 15) is 65.1 Å². The van der Waals surface area contributed by atoms with E-state index in [1.807, 2.05) is 0 Å². The number of hydrogen-bond donors (Lipinski definition) is 13. The predicted octanol–water partition coefficient (Wildman–Crippen LogP) is -7.71. The molecule has 0 bridgehead atoms. The number of carbonyl (C=O) groups excluding carboxylic acids is 4. The van der Waals surface area contributed by atoms with Crippen LogP contribution >= 0.6 is 0 Å². The van der Waals surface area contributed by atoms with Crippen molar-refractivity contribution >= 4 is 23.6 Å². The van der Waals surface area contributed by atoms with Crippen LogP contribution in [0.2, 0.25) is 0 Å². The Balaban J connectivity index is 1.61. The Morgan fingerprint density at radius 3 is 1.05 bits per heavy atom. The standard InChI is InChI=1S/C34H58N4O20/c1-6-15-20(35-11(2)43)26(49)29(17(8-40)52-15)56-33-22(37-13(4)45)28(51)31(19(10-42)54-33)58-34-23(38-14(5)46)27(50)30(18(9-41)55-34)57-32-21(36-12(3)44)25(48)24(47)16(7-39)53-32/h15-34,39-42,47-51H,6-10H2,1-5H3,(H,35,43)(H,36,44)(H,37,45)(H,38,46). The van der Waals surface area contributed by atoms with E-state index in [-0.39, 0.29) is 0 Å². The molecule has 4 aliphatic heterocycles. The van der Waals surface area contributed by atoms with Crippen molar-refractivity contribution < 1.29 is 98.3 Å². The summed E-state index contributed by atoms with van der Waals surface area (Å²) in [7, 11) is 0.